The molecule has 0 fully saturated rings. The number of rotatable bonds is 5. The van der Waals surface area contributed by atoms with E-state index < -0.39 is 23.3 Å². The van der Waals surface area contributed by atoms with Crippen molar-refractivity contribution < 1.29 is 26.4 Å². The topological polar surface area (TPSA) is 147 Å². The molecule has 0 unspecified atom stereocenters. The Balaban J connectivity index is 0.000000133. The lowest BCUT2D eigenvalue weighted by molar-refractivity contribution is 0.584. The van der Waals surface area contributed by atoms with Gasteiger partial charge in [-0.05, 0) is 46.9 Å². The lowest BCUT2D eigenvalue weighted by atomic mass is 10.1. The highest BCUT2D eigenvalue weighted by Gasteiger charge is 2.23. The van der Waals surface area contributed by atoms with Gasteiger partial charge in [0, 0.05) is 59.9 Å². The van der Waals surface area contributed by atoms with Crippen LogP contribution >= 0.6 is 34.2 Å². The fourth-order valence-electron chi connectivity index (χ4n) is 6.04. The lowest BCUT2D eigenvalue weighted by Gasteiger charge is -2.07. The third kappa shape index (κ3) is 7.25. The minimum absolute atomic E-state index is 0.152. The highest BCUT2D eigenvalue weighted by atomic mass is 127. The van der Waals surface area contributed by atoms with Crippen LogP contribution in [0.4, 0.5) is 17.6 Å². The Hall–Kier alpha value is -6.22. The third-order valence-corrected chi connectivity index (χ3v) is 9.95. The molecule has 20 heteroatoms. The second-order valence-corrected chi connectivity index (χ2v) is 14.7. The van der Waals surface area contributed by atoms with Gasteiger partial charge in [-0.3, -0.25) is 17.6 Å². The van der Waals surface area contributed by atoms with E-state index in [1.165, 1.54) is 36.8 Å². The van der Waals surface area contributed by atoms with Crippen LogP contribution in [0.1, 0.15) is 51.2 Å². The first-order chi connectivity index (χ1) is 27.9. The summed E-state index contributed by atoms with van der Waals surface area (Å²) in [4.78, 5) is 16.9. The summed E-state index contributed by atoms with van der Waals surface area (Å²) in [5, 5.41) is 16.8. The molecule has 0 saturated heterocycles. The summed E-state index contributed by atoms with van der Waals surface area (Å²) in [5.41, 5.74) is 3.56. The zero-order chi connectivity index (χ0) is 40.8. The fourth-order valence-corrected chi connectivity index (χ4v) is 6.96. The maximum atomic E-state index is 14.5. The van der Waals surface area contributed by atoms with Crippen LogP contribution in [0.2, 0.25) is 5.15 Å². The summed E-state index contributed by atoms with van der Waals surface area (Å²) < 4.78 is 72.6. The Bertz CT molecular complexity index is 3090. The van der Waals surface area contributed by atoms with Crippen molar-refractivity contribution in [2.45, 2.75) is 39.5 Å². The first kappa shape index (κ1) is 38.6. The summed E-state index contributed by atoms with van der Waals surface area (Å²) >= 11 is 7.80. The standard InChI is InChI=1S/C19H14F2N6O.C11H5F2IN2O.C8H9ClN4/c1-10(2)18-25-24-15-8-22-14(9-27(15)18)17-16(23-19-26(17)5-6-28-19)12-4-3-11(20)7-13(12)21;12-6-1-2-7(8(13)5-6)9-10(14)16-3-4-17-11(16)15-9;1-5(2)8-12-11-7-3-10-6(9)4-13(7)8/h3-10H,1-2H3;1-5H;3-5H,1-2H3. The molecule has 0 atom stereocenters. The van der Waals surface area contributed by atoms with Crippen molar-refractivity contribution in [3.8, 4) is 33.9 Å². The molecule has 0 radical (unpaired) electrons. The van der Waals surface area contributed by atoms with Gasteiger partial charge in [-0.1, -0.05) is 39.3 Å². The largest absolute Gasteiger partial charge is 0.432 e. The van der Waals surface area contributed by atoms with Gasteiger partial charge in [0.05, 0.1) is 12.4 Å². The molecule has 0 aliphatic carbocycles. The van der Waals surface area contributed by atoms with Gasteiger partial charge in [0.25, 0.3) is 0 Å². The molecule has 10 aromatic rings. The van der Waals surface area contributed by atoms with Crippen LogP contribution in [0.3, 0.4) is 0 Å². The molecule has 2 aromatic carbocycles. The number of hydrogen-bond acceptors (Lipinski definition) is 10. The summed E-state index contributed by atoms with van der Waals surface area (Å²) in [5.74, 6) is 0.212. The summed E-state index contributed by atoms with van der Waals surface area (Å²) in [6.45, 7) is 8.15. The molecule has 0 amide bonds. The number of oxazole rings is 2. The van der Waals surface area contributed by atoms with Crippen molar-refractivity contribution >= 4 is 57.2 Å². The van der Waals surface area contributed by atoms with Crippen LogP contribution in [0.25, 0.3) is 56.9 Å². The second kappa shape index (κ2) is 15.6. The number of nitrogens with zero attached hydrogens (tertiary/aromatic N) is 12. The van der Waals surface area contributed by atoms with E-state index in [-0.39, 0.29) is 22.9 Å². The van der Waals surface area contributed by atoms with E-state index in [1.54, 1.807) is 46.0 Å². The molecule has 14 nitrogen and oxygen atoms in total. The molecule has 0 saturated carbocycles. The smallest absolute Gasteiger partial charge is 0.307 e. The quantitative estimate of drug-likeness (QED) is 0.121. The van der Waals surface area contributed by atoms with E-state index in [0.29, 0.717) is 45.3 Å². The zero-order valence-electron chi connectivity index (χ0n) is 30.7. The maximum absolute atomic E-state index is 14.5. The molecule has 8 heterocycles. The van der Waals surface area contributed by atoms with Crippen LogP contribution < -0.4 is 0 Å². The minimum atomic E-state index is -0.713. The third-order valence-electron chi connectivity index (χ3n) is 8.72. The number of aromatic nitrogens is 12. The van der Waals surface area contributed by atoms with Crippen LogP contribution in [-0.2, 0) is 0 Å². The molecule has 0 aliphatic rings. The fraction of sp³-hybridized carbons (Fsp3) is 0.158. The van der Waals surface area contributed by atoms with Crippen molar-refractivity contribution in [1.29, 1.82) is 0 Å². The monoisotopic (exact) mass is 922 g/mol. The maximum Gasteiger partial charge on any atom is 0.307 e. The van der Waals surface area contributed by atoms with Crippen LogP contribution in [0, 0.1) is 27.0 Å². The van der Waals surface area contributed by atoms with E-state index in [1.807, 2.05) is 45.2 Å². The van der Waals surface area contributed by atoms with E-state index in [2.05, 4.69) is 54.2 Å². The Morgan fingerprint density at radius 1 is 0.638 bits per heavy atom. The highest BCUT2D eigenvalue weighted by Crippen LogP contribution is 2.34. The molecule has 0 spiro atoms. The molecule has 294 valence electrons. The number of fused-ring (bicyclic) bond motifs is 4. The first-order valence-corrected chi connectivity index (χ1v) is 18.9. The number of imidazole rings is 2. The van der Waals surface area contributed by atoms with E-state index >= 15 is 0 Å². The first-order valence-electron chi connectivity index (χ1n) is 17.4. The van der Waals surface area contributed by atoms with E-state index in [0.717, 1.165) is 33.1 Å². The highest BCUT2D eigenvalue weighted by molar-refractivity contribution is 14.1. The van der Waals surface area contributed by atoms with Gasteiger partial charge in [-0.25, -0.2) is 27.5 Å². The SMILES string of the molecule is CC(C)c1nnc2cnc(-c3c(-c4ccc(F)cc4F)nc4occn34)cn12.CC(C)c1nnc2cnc(Cl)cn12.Fc1ccc(-c2nc3occn3c2I)c(F)c1. The molecular weight excluding hydrogens is 895 g/mol. The van der Waals surface area contributed by atoms with Gasteiger partial charge in [0.2, 0.25) is 0 Å². The Morgan fingerprint density at radius 3 is 1.72 bits per heavy atom. The number of benzene rings is 2. The van der Waals surface area contributed by atoms with Gasteiger partial charge in [0.1, 0.15) is 79.1 Å². The van der Waals surface area contributed by atoms with Gasteiger partial charge in [0.15, 0.2) is 11.3 Å². The Morgan fingerprint density at radius 2 is 1.16 bits per heavy atom. The summed E-state index contributed by atoms with van der Waals surface area (Å²) in [6, 6.07) is 6.79. The minimum Gasteiger partial charge on any atom is -0.432 e. The normalized spacial score (nSPS) is 11.6. The molecule has 0 aliphatic heterocycles. The van der Waals surface area contributed by atoms with Crippen LogP contribution in [0.5, 0.6) is 0 Å². The zero-order valence-corrected chi connectivity index (χ0v) is 33.6. The number of hydrogen-bond donors (Lipinski definition) is 0. The van der Waals surface area contributed by atoms with Gasteiger partial charge < -0.3 is 8.83 Å². The molecule has 58 heavy (non-hydrogen) atoms. The van der Waals surface area contributed by atoms with Crippen LogP contribution in [0.15, 0.2) is 94.9 Å². The average Bonchev–Trinajstić information content (AvgIpc) is 4.03. The van der Waals surface area contributed by atoms with Gasteiger partial charge >= 0.3 is 11.7 Å². The Labute approximate surface area is 343 Å². The molecular formula is C38H28ClF4IN12O2. The molecule has 0 bridgehead atoms. The molecule has 10 rings (SSSR count). The molecule has 8 aromatic heterocycles. The van der Waals surface area contributed by atoms with Gasteiger partial charge in [-0.15, -0.1) is 20.4 Å². The number of halogens is 6. The van der Waals surface area contributed by atoms with Crippen molar-refractivity contribution in [2.24, 2.45) is 0 Å². The van der Waals surface area contributed by atoms with Crippen molar-refractivity contribution in [3.05, 3.63) is 130 Å². The lowest BCUT2D eigenvalue weighted by Crippen LogP contribution is -2.00. The van der Waals surface area contributed by atoms with Crippen molar-refractivity contribution in [2.75, 3.05) is 0 Å². The average molecular weight is 923 g/mol. The van der Waals surface area contributed by atoms with E-state index in [4.69, 9.17) is 20.4 Å². The van der Waals surface area contributed by atoms with Crippen molar-refractivity contribution in [1.82, 2.24) is 57.9 Å². The molecule has 0 N–H and O–H groups in total. The summed E-state index contributed by atoms with van der Waals surface area (Å²) in [6.07, 6.45) is 13.1. The van der Waals surface area contributed by atoms with Gasteiger partial charge in [-0.2, -0.15) is 9.97 Å². The van der Waals surface area contributed by atoms with E-state index in [9.17, 15) is 17.6 Å². The second-order valence-electron chi connectivity index (χ2n) is 13.3. The Kier molecular flexibility index (Phi) is 10.4. The van der Waals surface area contributed by atoms with Crippen molar-refractivity contribution in [3.63, 3.8) is 0 Å². The van der Waals surface area contributed by atoms with Crippen LogP contribution in [-0.4, -0.2) is 57.9 Å². The predicted octanol–water partition coefficient (Wildman–Crippen LogP) is 9.48. The predicted molar refractivity (Wildman–Crippen MR) is 212 cm³/mol. The summed E-state index contributed by atoms with van der Waals surface area (Å²) in [7, 11) is 0.